The highest BCUT2D eigenvalue weighted by atomic mass is 35.5. The van der Waals surface area contributed by atoms with Gasteiger partial charge in [-0.15, -0.1) is 5.10 Å². The maximum atomic E-state index is 6.09. The van der Waals surface area contributed by atoms with E-state index in [-0.39, 0.29) is 0 Å². The predicted octanol–water partition coefficient (Wildman–Crippen LogP) is 3.28. The summed E-state index contributed by atoms with van der Waals surface area (Å²) >= 11 is 12.1. The highest BCUT2D eigenvalue weighted by Gasteiger charge is 2.13. The first-order valence-corrected chi connectivity index (χ1v) is 7.86. The molecule has 1 atom stereocenters. The minimum absolute atomic E-state index is 0.305. The maximum absolute atomic E-state index is 6.09. The number of benzene rings is 1. The van der Waals surface area contributed by atoms with Crippen molar-refractivity contribution in [3.63, 3.8) is 0 Å². The molecule has 1 aromatic heterocycles. The molecule has 0 bridgehead atoms. The van der Waals surface area contributed by atoms with Crippen molar-refractivity contribution in [1.29, 1.82) is 0 Å². The van der Waals surface area contributed by atoms with Gasteiger partial charge in [0.05, 0.1) is 15.7 Å². The van der Waals surface area contributed by atoms with Crippen molar-refractivity contribution in [3.8, 4) is 0 Å². The van der Waals surface area contributed by atoms with Gasteiger partial charge in [-0.25, -0.2) is 0 Å². The summed E-state index contributed by atoms with van der Waals surface area (Å²) in [5.41, 5.74) is 2.16. The molecule has 1 heterocycles. The van der Waals surface area contributed by atoms with Crippen LogP contribution in [0.2, 0.25) is 10.0 Å². The molecule has 1 N–H and O–H groups in total. The van der Waals surface area contributed by atoms with E-state index in [9.17, 15) is 0 Å². The van der Waals surface area contributed by atoms with E-state index in [2.05, 4.69) is 22.6 Å². The van der Waals surface area contributed by atoms with E-state index in [1.54, 1.807) is 4.68 Å². The first-order chi connectivity index (χ1) is 10.1. The van der Waals surface area contributed by atoms with E-state index in [0.717, 1.165) is 31.5 Å². The van der Waals surface area contributed by atoms with Crippen LogP contribution in [0, 0.1) is 0 Å². The quantitative estimate of drug-likeness (QED) is 0.849. The van der Waals surface area contributed by atoms with Crippen molar-refractivity contribution in [2.75, 3.05) is 6.54 Å². The maximum Gasteiger partial charge on any atom is 0.0842 e. The van der Waals surface area contributed by atoms with Crippen molar-refractivity contribution < 1.29 is 0 Å². The van der Waals surface area contributed by atoms with Crippen molar-refractivity contribution in [1.82, 2.24) is 20.3 Å². The van der Waals surface area contributed by atoms with E-state index < -0.39 is 0 Å². The summed E-state index contributed by atoms with van der Waals surface area (Å²) in [6, 6.07) is 6.10. The zero-order valence-electron chi connectivity index (χ0n) is 12.3. The van der Waals surface area contributed by atoms with Crippen LogP contribution in [-0.4, -0.2) is 27.6 Å². The number of aryl methyl sites for hydroxylation is 1. The molecule has 0 spiro atoms. The average Bonchev–Trinajstić information content (AvgIpc) is 2.85. The van der Waals surface area contributed by atoms with Gasteiger partial charge in [-0.05, 0) is 37.1 Å². The summed E-state index contributed by atoms with van der Waals surface area (Å²) in [6.07, 6.45) is 4.77. The van der Waals surface area contributed by atoms with Gasteiger partial charge in [0, 0.05) is 25.7 Å². The molecule has 1 unspecified atom stereocenters. The minimum Gasteiger partial charge on any atom is -0.313 e. The van der Waals surface area contributed by atoms with E-state index in [4.69, 9.17) is 23.2 Å². The van der Waals surface area contributed by atoms with Crippen LogP contribution >= 0.6 is 23.2 Å². The monoisotopic (exact) mass is 326 g/mol. The predicted molar refractivity (Wildman–Crippen MR) is 87.0 cm³/mol. The smallest absolute Gasteiger partial charge is 0.0842 e. The molecular formula is C15H20Cl2N4. The molecule has 1 aromatic carbocycles. The number of nitrogens with zero attached hydrogens (tertiary/aromatic N) is 3. The van der Waals surface area contributed by atoms with Crippen LogP contribution in [0.15, 0.2) is 24.4 Å². The van der Waals surface area contributed by atoms with Gasteiger partial charge in [0.2, 0.25) is 0 Å². The second-order valence-electron chi connectivity index (χ2n) is 5.19. The van der Waals surface area contributed by atoms with E-state index in [1.165, 1.54) is 5.56 Å². The molecule has 2 aromatic rings. The molecule has 0 radical (unpaired) electrons. The van der Waals surface area contributed by atoms with Gasteiger partial charge in [-0.3, -0.25) is 4.68 Å². The van der Waals surface area contributed by atoms with Crippen molar-refractivity contribution in [2.24, 2.45) is 7.05 Å². The van der Waals surface area contributed by atoms with Gasteiger partial charge in [0.15, 0.2) is 0 Å². The number of aromatic nitrogens is 3. The van der Waals surface area contributed by atoms with Gasteiger partial charge in [0.25, 0.3) is 0 Å². The molecule has 0 aliphatic carbocycles. The second kappa shape index (κ2) is 7.78. The summed E-state index contributed by atoms with van der Waals surface area (Å²) in [4.78, 5) is 0. The van der Waals surface area contributed by atoms with E-state index in [0.29, 0.717) is 16.1 Å². The van der Waals surface area contributed by atoms with Crippen molar-refractivity contribution >= 4 is 23.2 Å². The van der Waals surface area contributed by atoms with Crippen LogP contribution in [-0.2, 0) is 19.9 Å². The number of nitrogens with one attached hydrogen (secondary N) is 1. The van der Waals surface area contributed by atoms with Gasteiger partial charge in [-0.1, -0.05) is 41.4 Å². The summed E-state index contributed by atoms with van der Waals surface area (Å²) in [5, 5.41) is 12.9. The highest BCUT2D eigenvalue weighted by molar-refractivity contribution is 6.42. The molecule has 2 rings (SSSR count). The number of hydrogen-bond acceptors (Lipinski definition) is 3. The lowest BCUT2D eigenvalue weighted by Crippen LogP contribution is -2.34. The lowest BCUT2D eigenvalue weighted by Gasteiger charge is -2.17. The molecule has 0 saturated heterocycles. The molecule has 0 amide bonds. The lowest BCUT2D eigenvalue weighted by molar-refractivity contribution is 0.500. The van der Waals surface area contributed by atoms with Crippen LogP contribution in [0.3, 0.4) is 0 Å². The SMILES string of the molecule is CCCNC(Cc1ccc(Cl)c(Cl)c1)Cc1cn(C)nn1. The normalized spacial score (nSPS) is 12.6. The fourth-order valence-electron chi connectivity index (χ4n) is 2.26. The summed E-state index contributed by atoms with van der Waals surface area (Å²) in [7, 11) is 1.88. The Bertz CT molecular complexity index is 583. The van der Waals surface area contributed by atoms with Crippen molar-refractivity contribution in [3.05, 3.63) is 45.7 Å². The topological polar surface area (TPSA) is 42.7 Å². The average molecular weight is 327 g/mol. The van der Waals surface area contributed by atoms with Crippen LogP contribution in [0.4, 0.5) is 0 Å². The van der Waals surface area contributed by atoms with Gasteiger partial charge < -0.3 is 5.32 Å². The largest absolute Gasteiger partial charge is 0.313 e. The standard InChI is InChI=1S/C15H20Cl2N4/c1-3-6-18-12(9-13-10-21(2)20-19-13)7-11-4-5-14(16)15(17)8-11/h4-5,8,10,12,18H,3,6-7,9H2,1-2H3. The lowest BCUT2D eigenvalue weighted by atomic mass is 10.0. The minimum atomic E-state index is 0.305. The Morgan fingerprint density at radius 1 is 1.24 bits per heavy atom. The number of rotatable bonds is 7. The number of halogens is 2. The third kappa shape index (κ3) is 4.99. The Hall–Kier alpha value is -1.10. The molecule has 6 heteroatoms. The van der Waals surface area contributed by atoms with Crippen LogP contribution in [0.1, 0.15) is 24.6 Å². The van der Waals surface area contributed by atoms with Crippen LogP contribution < -0.4 is 5.32 Å². The summed E-state index contributed by atoms with van der Waals surface area (Å²) < 4.78 is 1.73. The molecule has 4 nitrogen and oxygen atoms in total. The molecule has 114 valence electrons. The van der Waals surface area contributed by atoms with E-state index >= 15 is 0 Å². The fraction of sp³-hybridized carbons (Fsp3) is 0.467. The molecule has 21 heavy (non-hydrogen) atoms. The fourth-order valence-corrected chi connectivity index (χ4v) is 2.58. The Labute approximate surface area is 135 Å². The summed E-state index contributed by atoms with van der Waals surface area (Å²) in [5.74, 6) is 0. The zero-order chi connectivity index (χ0) is 15.2. The van der Waals surface area contributed by atoms with Gasteiger partial charge >= 0.3 is 0 Å². The molecule has 0 aliphatic heterocycles. The highest BCUT2D eigenvalue weighted by Crippen LogP contribution is 2.23. The Balaban J connectivity index is 2.06. The molecule has 0 fully saturated rings. The Morgan fingerprint density at radius 2 is 2.05 bits per heavy atom. The first-order valence-electron chi connectivity index (χ1n) is 7.11. The zero-order valence-corrected chi connectivity index (χ0v) is 13.8. The molecule has 0 saturated carbocycles. The molecule has 0 aliphatic rings. The second-order valence-corrected chi connectivity index (χ2v) is 6.01. The van der Waals surface area contributed by atoms with Gasteiger partial charge in [-0.2, -0.15) is 0 Å². The van der Waals surface area contributed by atoms with Gasteiger partial charge in [0.1, 0.15) is 0 Å². The molecular weight excluding hydrogens is 307 g/mol. The Morgan fingerprint density at radius 3 is 2.67 bits per heavy atom. The van der Waals surface area contributed by atoms with Crippen LogP contribution in [0.25, 0.3) is 0 Å². The van der Waals surface area contributed by atoms with Crippen molar-refractivity contribution in [2.45, 2.75) is 32.2 Å². The first kappa shape index (κ1) is 16.3. The summed E-state index contributed by atoms with van der Waals surface area (Å²) in [6.45, 7) is 3.14. The van der Waals surface area contributed by atoms with E-state index in [1.807, 2.05) is 31.4 Å². The number of hydrogen-bond donors (Lipinski definition) is 1. The Kier molecular flexibility index (Phi) is 6.03. The third-order valence-corrected chi connectivity index (χ3v) is 3.99. The third-order valence-electron chi connectivity index (χ3n) is 3.25. The van der Waals surface area contributed by atoms with Crippen LogP contribution in [0.5, 0.6) is 0 Å².